The third-order valence-electron chi connectivity index (χ3n) is 3.42. The van der Waals surface area contributed by atoms with Gasteiger partial charge in [0.1, 0.15) is 5.75 Å². The van der Waals surface area contributed by atoms with Crippen LogP contribution in [0.5, 0.6) is 5.75 Å². The summed E-state index contributed by atoms with van der Waals surface area (Å²) < 4.78 is 9.90. The van der Waals surface area contributed by atoms with Crippen LogP contribution in [0.25, 0.3) is 0 Å². The van der Waals surface area contributed by atoms with Crippen molar-refractivity contribution >= 4 is 29.2 Å². The van der Waals surface area contributed by atoms with Gasteiger partial charge >= 0.3 is 5.97 Å². The molecule has 0 aliphatic carbocycles. The van der Waals surface area contributed by atoms with E-state index in [1.807, 2.05) is 0 Å². The van der Waals surface area contributed by atoms with Crippen molar-refractivity contribution in [2.24, 2.45) is 0 Å². The number of carbonyl (C=O) groups excluding carboxylic acids is 3. The van der Waals surface area contributed by atoms with Crippen molar-refractivity contribution in [1.29, 1.82) is 0 Å². The lowest BCUT2D eigenvalue weighted by Crippen LogP contribution is -2.25. The lowest BCUT2D eigenvalue weighted by Gasteiger charge is -2.18. The summed E-state index contributed by atoms with van der Waals surface area (Å²) in [5.74, 6) is -0.621. The van der Waals surface area contributed by atoms with Gasteiger partial charge in [0.05, 0.1) is 18.4 Å². The number of hydrogen-bond donors (Lipinski definition) is 2. The molecule has 122 valence electrons. The van der Waals surface area contributed by atoms with Crippen LogP contribution in [0.15, 0.2) is 42.5 Å². The predicted molar refractivity (Wildman–Crippen MR) is 86.3 cm³/mol. The molecule has 0 bridgehead atoms. The molecule has 24 heavy (non-hydrogen) atoms. The van der Waals surface area contributed by atoms with Gasteiger partial charge in [0.15, 0.2) is 6.61 Å². The molecule has 0 saturated heterocycles. The van der Waals surface area contributed by atoms with Gasteiger partial charge in [0, 0.05) is 11.3 Å². The van der Waals surface area contributed by atoms with Gasteiger partial charge in [-0.05, 0) is 36.4 Å². The first kappa shape index (κ1) is 15.5. The summed E-state index contributed by atoms with van der Waals surface area (Å²) in [6.45, 7) is -0.0428. The van der Waals surface area contributed by atoms with E-state index in [-0.39, 0.29) is 18.4 Å². The molecule has 0 spiro atoms. The van der Waals surface area contributed by atoms with Crippen LogP contribution < -0.4 is 15.4 Å². The molecule has 1 aliphatic rings. The van der Waals surface area contributed by atoms with Crippen molar-refractivity contribution in [2.75, 3.05) is 24.4 Å². The first-order valence-corrected chi connectivity index (χ1v) is 7.13. The van der Waals surface area contributed by atoms with E-state index in [2.05, 4.69) is 15.4 Å². The number of rotatable bonds is 3. The van der Waals surface area contributed by atoms with Gasteiger partial charge in [-0.2, -0.15) is 0 Å². The summed E-state index contributed by atoms with van der Waals surface area (Å²) in [5.41, 5.74) is 1.59. The molecule has 2 amide bonds. The fourth-order valence-corrected chi connectivity index (χ4v) is 2.27. The Morgan fingerprint density at radius 2 is 2.00 bits per heavy atom. The van der Waals surface area contributed by atoms with E-state index in [9.17, 15) is 14.4 Å². The zero-order valence-electron chi connectivity index (χ0n) is 12.8. The molecule has 2 aromatic carbocycles. The second kappa shape index (κ2) is 6.41. The maximum absolute atomic E-state index is 12.4. The van der Waals surface area contributed by atoms with Gasteiger partial charge in [-0.25, -0.2) is 4.79 Å². The van der Waals surface area contributed by atoms with Gasteiger partial charge in [0.25, 0.3) is 11.8 Å². The van der Waals surface area contributed by atoms with E-state index in [1.54, 1.807) is 30.3 Å². The first-order chi connectivity index (χ1) is 11.6. The summed E-state index contributed by atoms with van der Waals surface area (Å²) in [6, 6.07) is 11.2. The number of ether oxygens (including phenoxy) is 2. The number of benzene rings is 2. The van der Waals surface area contributed by atoms with Crippen LogP contribution in [0.4, 0.5) is 11.4 Å². The van der Waals surface area contributed by atoms with Gasteiger partial charge in [-0.3, -0.25) is 9.59 Å². The second-order valence-electron chi connectivity index (χ2n) is 5.07. The van der Waals surface area contributed by atoms with E-state index >= 15 is 0 Å². The molecule has 1 aliphatic heterocycles. The normalized spacial score (nSPS) is 12.5. The van der Waals surface area contributed by atoms with Crippen LogP contribution in [-0.4, -0.2) is 31.5 Å². The summed E-state index contributed by atoms with van der Waals surface area (Å²) >= 11 is 0. The summed E-state index contributed by atoms with van der Waals surface area (Å²) in [7, 11) is 1.29. The van der Waals surface area contributed by atoms with Crippen molar-refractivity contribution in [2.45, 2.75) is 0 Å². The van der Waals surface area contributed by atoms with Gasteiger partial charge in [0.2, 0.25) is 0 Å². The number of hydrogen-bond acceptors (Lipinski definition) is 5. The number of amides is 2. The van der Waals surface area contributed by atoms with Crippen molar-refractivity contribution in [3.63, 3.8) is 0 Å². The third-order valence-corrected chi connectivity index (χ3v) is 3.42. The smallest absolute Gasteiger partial charge is 0.337 e. The number of carbonyl (C=O) groups is 3. The molecule has 0 radical (unpaired) electrons. The van der Waals surface area contributed by atoms with Crippen molar-refractivity contribution in [3.8, 4) is 5.75 Å². The van der Waals surface area contributed by atoms with E-state index < -0.39 is 5.97 Å². The van der Waals surface area contributed by atoms with Crippen molar-refractivity contribution in [3.05, 3.63) is 53.6 Å². The highest BCUT2D eigenvalue weighted by molar-refractivity contribution is 6.06. The molecular weight excluding hydrogens is 312 g/mol. The SMILES string of the molecule is COC(=O)c1cccc(NC(=O)c2ccc3c(c2)NC(=O)CO3)c1. The maximum Gasteiger partial charge on any atom is 0.337 e. The minimum absolute atomic E-state index is 0.0428. The van der Waals surface area contributed by atoms with Crippen LogP contribution in [0.3, 0.4) is 0 Å². The quantitative estimate of drug-likeness (QED) is 0.842. The molecule has 0 fully saturated rings. The third kappa shape index (κ3) is 3.19. The van der Waals surface area contributed by atoms with E-state index in [0.29, 0.717) is 28.3 Å². The molecule has 7 nitrogen and oxygen atoms in total. The maximum atomic E-state index is 12.4. The minimum Gasteiger partial charge on any atom is -0.482 e. The van der Waals surface area contributed by atoms with E-state index in [0.717, 1.165) is 0 Å². The summed E-state index contributed by atoms with van der Waals surface area (Å²) in [5, 5.41) is 5.34. The average molecular weight is 326 g/mol. The average Bonchev–Trinajstić information content (AvgIpc) is 2.60. The van der Waals surface area contributed by atoms with Crippen molar-refractivity contribution < 1.29 is 23.9 Å². The highest BCUT2D eigenvalue weighted by Crippen LogP contribution is 2.28. The fraction of sp³-hybridized carbons (Fsp3) is 0.118. The summed E-state index contributed by atoms with van der Waals surface area (Å²) in [4.78, 5) is 35.2. The zero-order chi connectivity index (χ0) is 17.1. The highest BCUT2D eigenvalue weighted by atomic mass is 16.5. The molecular formula is C17H14N2O5. The Morgan fingerprint density at radius 3 is 2.79 bits per heavy atom. The van der Waals surface area contributed by atoms with Gasteiger partial charge in [-0.15, -0.1) is 0 Å². The molecule has 2 N–H and O–H groups in total. The number of nitrogens with one attached hydrogen (secondary N) is 2. The van der Waals surface area contributed by atoms with E-state index in [4.69, 9.17) is 4.74 Å². The fourth-order valence-electron chi connectivity index (χ4n) is 2.27. The molecule has 1 heterocycles. The number of fused-ring (bicyclic) bond motifs is 1. The molecule has 0 saturated carbocycles. The number of anilines is 2. The van der Waals surface area contributed by atoms with Gasteiger partial charge < -0.3 is 20.1 Å². The Kier molecular flexibility index (Phi) is 4.15. The summed E-state index contributed by atoms with van der Waals surface area (Å²) in [6.07, 6.45) is 0. The standard InChI is InChI=1S/C17H14N2O5/c1-23-17(22)11-3-2-4-12(7-11)18-16(21)10-5-6-14-13(8-10)19-15(20)9-24-14/h2-8H,9H2,1H3,(H,18,21)(H,19,20). The Hall–Kier alpha value is -3.35. The monoisotopic (exact) mass is 326 g/mol. The largest absolute Gasteiger partial charge is 0.482 e. The predicted octanol–water partition coefficient (Wildman–Crippen LogP) is 2.06. The Labute approximate surface area is 137 Å². The first-order valence-electron chi connectivity index (χ1n) is 7.13. The van der Waals surface area contributed by atoms with E-state index in [1.165, 1.54) is 19.2 Å². The molecule has 0 atom stereocenters. The highest BCUT2D eigenvalue weighted by Gasteiger charge is 2.18. The minimum atomic E-state index is -0.486. The van der Waals surface area contributed by atoms with Crippen LogP contribution in [-0.2, 0) is 9.53 Å². The van der Waals surface area contributed by atoms with Crippen LogP contribution >= 0.6 is 0 Å². The number of methoxy groups -OCH3 is 1. The van der Waals surface area contributed by atoms with Gasteiger partial charge in [-0.1, -0.05) is 6.07 Å². The van der Waals surface area contributed by atoms with Crippen LogP contribution in [0.2, 0.25) is 0 Å². The molecule has 7 heteroatoms. The Bertz CT molecular complexity index is 831. The van der Waals surface area contributed by atoms with Crippen LogP contribution in [0, 0.1) is 0 Å². The second-order valence-corrected chi connectivity index (χ2v) is 5.07. The topological polar surface area (TPSA) is 93.7 Å². The Morgan fingerprint density at radius 1 is 1.17 bits per heavy atom. The lowest BCUT2D eigenvalue weighted by molar-refractivity contribution is -0.118. The molecule has 3 rings (SSSR count). The Balaban J connectivity index is 1.79. The van der Waals surface area contributed by atoms with Crippen molar-refractivity contribution in [1.82, 2.24) is 0 Å². The number of esters is 1. The van der Waals surface area contributed by atoms with Crippen LogP contribution in [0.1, 0.15) is 20.7 Å². The molecule has 0 unspecified atom stereocenters. The lowest BCUT2D eigenvalue weighted by atomic mass is 10.1. The molecule has 2 aromatic rings. The molecule has 0 aromatic heterocycles. The zero-order valence-corrected chi connectivity index (χ0v) is 12.8.